The number of benzene rings is 1. The molecular weight excluding hydrogens is 402 g/mol. The number of carbonyl (C=O) groups is 4. The fourth-order valence-electron chi connectivity index (χ4n) is 5.34. The number of aliphatic hydroxyl groups is 2. The highest BCUT2D eigenvalue weighted by Gasteiger charge is 2.59. The standard InChI is InChI=1S/C23H23NO7/c1-3-14(25)12-4-5-15(26)18-13(12)8-10-7-11-6-9(2)16(22(24)30)20(28)23(11,31)21(29)17(10)19(18)27/h4-5,10-11,26,29,31H,3,6-8H2,1-2H3,(H2,24,30)/t10-,11-,23-/m1/s1. The smallest absolute Gasteiger partial charge is 0.252 e. The van der Waals surface area contributed by atoms with E-state index in [2.05, 4.69) is 0 Å². The summed E-state index contributed by atoms with van der Waals surface area (Å²) in [5, 5.41) is 32.6. The molecule has 1 amide bonds. The quantitative estimate of drug-likeness (QED) is 0.424. The third-order valence-electron chi connectivity index (χ3n) is 6.82. The average Bonchev–Trinajstić information content (AvgIpc) is 2.70. The molecule has 162 valence electrons. The van der Waals surface area contributed by atoms with Gasteiger partial charge in [-0.2, -0.15) is 0 Å². The molecule has 0 aliphatic heterocycles. The number of aliphatic hydroxyl groups excluding tert-OH is 1. The lowest BCUT2D eigenvalue weighted by Crippen LogP contribution is -2.57. The maximum Gasteiger partial charge on any atom is 0.252 e. The first kappa shape index (κ1) is 21.0. The molecule has 3 atom stereocenters. The van der Waals surface area contributed by atoms with Gasteiger partial charge in [-0.3, -0.25) is 19.2 Å². The monoisotopic (exact) mass is 425 g/mol. The molecule has 3 aliphatic carbocycles. The number of carbonyl (C=O) groups excluding carboxylic acids is 4. The number of rotatable bonds is 3. The van der Waals surface area contributed by atoms with Gasteiger partial charge in [0.25, 0.3) is 5.91 Å². The normalized spacial score (nSPS) is 27.6. The van der Waals surface area contributed by atoms with Crippen molar-refractivity contribution < 1.29 is 34.5 Å². The largest absolute Gasteiger partial charge is 0.508 e. The molecule has 0 saturated carbocycles. The SMILES string of the molecule is CCC(=O)c1ccc(O)c2c1C[C@H]1C[C@H]3CC(C)=C(C(N)=O)C(=O)[C@@]3(O)C(O)=C1C2=O. The van der Waals surface area contributed by atoms with Crippen LogP contribution in [-0.2, 0) is 16.0 Å². The van der Waals surface area contributed by atoms with Crippen molar-refractivity contribution >= 4 is 23.3 Å². The lowest BCUT2D eigenvalue weighted by Gasteiger charge is -2.46. The summed E-state index contributed by atoms with van der Waals surface area (Å²) in [6.07, 6.45) is 0.755. The summed E-state index contributed by atoms with van der Waals surface area (Å²) >= 11 is 0. The number of fused-ring (bicyclic) bond motifs is 3. The Bertz CT molecular complexity index is 1140. The highest BCUT2D eigenvalue weighted by Crippen LogP contribution is 2.51. The van der Waals surface area contributed by atoms with Crippen molar-refractivity contribution in [1.82, 2.24) is 0 Å². The van der Waals surface area contributed by atoms with Gasteiger partial charge in [0.1, 0.15) is 11.5 Å². The molecule has 0 unspecified atom stereocenters. The third-order valence-corrected chi connectivity index (χ3v) is 6.82. The molecule has 4 rings (SSSR count). The van der Waals surface area contributed by atoms with Gasteiger partial charge in [0.15, 0.2) is 17.2 Å². The molecule has 8 nitrogen and oxygen atoms in total. The van der Waals surface area contributed by atoms with Gasteiger partial charge in [0, 0.05) is 23.5 Å². The van der Waals surface area contributed by atoms with Crippen LogP contribution in [0.4, 0.5) is 0 Å². The van der Waals surface area contributed by atoms with E-state index in [9.17, 15) is 34.5 Å². The van der Waals surface area contributed by atoms with Gasteiger partial charge in [-0.05, 0) is 49.8 Å². The van der Waals surface area contributed by atoms with E-state index >= 15 is 0 Å². The van der Waals surface area contributed by atoms with Crippen LogP contribution < -0.4 is 5.73 Å². The predicted molar refractivity (Wildman–Crippen MR) is 108 cm³/mol. The van der Waals surface area contributed by atoms with E-state index in [0.29, 0.717) is 16.7 Å². The minimum atomic E-state index is -2.44. The van der Waals surface area contributed by atoms with Crippen LogP contribution in [0.1, 0.15) is 59.4 Å². The van der Waals surface area contributed by atoms with E-state index in [1.165, 1.54) is 12.1 Å². The summed E-state index contributed by atoms with van der Waals surface area (Å²) in [6.45, 7) is 3.27. The van der Waals surface area contributed by atoms with Gasteiger partial charge in [-0.1, -0.05) is 12.5 Å². The second-order valence-corrected chi connectivity index (χ2v) is 8.51. The van der Waals surface area contributed by atoms with Crippen LogP contribution in [0.15, 0.2) is 34.6 Å². The van der Waals surface area contributed by atoms with Crippen LogP contribution >= 0.6 is 0 Å². The molecule has 1 aromatic rings. The summed E-state index contributed by atoms with van der Waals surface area (Å²) in [6, 6.07) is 2.73. The molecule has 3 aliphatic rings. The molecule has 1 aromatic carbocycles. The molecule has 0 radical (unpaired) electrons. The number of hydrogen-bond donors (Lipinski definition) is 4. The van der Waals surface area contributed by atoms with Crippen molar-refractivity contribution in [2.24, 2.45) is 17.6 Å². The molecule has 31 heavy (non-hydrogen) atoms. The second kappa shape index (κ2) is 6.88. The maximum absolute atomic E-state index is 13.3. The zero-order chi connectivity index (χ0) is 22.8. The fraction of sp³-hybridized carbons (Fsp3) is 0.391. The van der Waals surface area contributed by atoms with Crippen molar-refractivity contribution in [3.63, 3.8) is 0 Å². The fourth-order valence-corrected chi connectivity index (χ4v) is 5.34. The predicted octanol–water partition coefficient (Wildman–Crippen LogP) is 1.68. The van der Waals surface area contributed by atoms with Crippen LogP contribution in [0.5, 0.6) is 5.75 Å². The molecule has 0 aromatic heterocycles. The number of ketones is 3. The Labute approximate surface area is 178 Å². The zero-order valence-electron chi connectivity index (χ0n) is 17.2. The third kappa shape index (κ3) is 2.71. The number of allylic oxidation sites excluding steroid dienone is 2. The van der Waals surface area contributed by atoms with Gasteiger partial charge in [0.2, 0.25) is 5.78 Å². The Morgan fingerprint density at radius 1 is 1.19 bits per heavy atom. The van der Waals surface area contributed by atoms with Crippen LogP contribution in [0, 0.1) is 11.8 Å². The molecule has 8 heteroatoms. The van der Waals surface area contributed by atoms with E-state index in [0.717, 1.165) is 0 Å². The lowest BCUT2D eigenvalue weighted by atomic mass is 9.59. The summed E-state index contributed by atoms with van der Waals surface area (Å²) in [7, 11) is 0. The van der Waals surface area contributed by atoms with Crippen LogP contribution in [0.25, 0.3) is 0 Å². The number of phenols is 1. The van der Waals surface area contributed by atoms with Crippen molar-refractivity contribution in [2.75, 3.05) is 0 Å². The molecule has 0 heterocycles. The van der Waals surface area contributed by atoms with Crippen LogP contribution in [0.3, 0.4) is 0 Å². The van der Waals surface area contributed by atoms with E-state index in [-0.39, 0.29) is 53.9 Å². The van der Waals surface area contributed by atoms with E-state index < -0.39 is 40.7 Å². The highest BCUT2D eigenvalue weighted by molar-refractivity contribution is 6.24. The molecule has 0 fully saturated rings. The zero-order valence-corrected chi connectivity index (χ0v) is 17.2. The second-order valence-electron chi connectivity index (χ2n) is 8.51. The Morgan fingerprint density at radius 3 is 2.48 bits per heavy atom. The maximum atomic E-state index is 13.3. The number of Topliss-reactive ketones (excluding diaryl/α,β-unsaturated/α-hetero) is 3. The first-order valence-corrected chi connectivity index (χ1v) is 10.2. The topological polar surface area (TPSA) is 155 Å². The van der Waals surface area contributed by atoms with Gasteiger partial charge in [-0.25, -0.2) is 0 Å². The minimum absolute atomic E-state index is 0.107. The minimum Gasteiger partial charge on any atom is -0.508 e. The number of amides is 1. The van der Waals surface area contributed by atoms with Gasteiger partial charge >= 0.3 is 0 Å². The van der Waals surface area contributed by atoms with Gasteiger partial charge in [0.05, 0.1) is 11.1 Å². The van der Waals surface area contributed by atoms with Crippen LogP contribution in [0.2, 0.25) is 0 Å². The first-order valence-electron chi connectivity index (χ1n) is 10.2. The van der Waals surface area contributed by atoms with Crippen molar-refractivity contribution in [3.8, 4) is 5.75 Å². The number of primary amides is 1. The molecule has 0 saturated heterocycles. The Balaban J connectivity index is 1.92. The van der Waals surface area contributed by atoms with Crippen LogP contribution in [-0.4, -0.2) is 44.2 Å². The highest BCUT2D eigenvalue weighted by atomic mass is 16.3. The summed E-state index contributed by atoms with van der Waals surface area (Å²) in [5.74, 6) is -5.38. The summed E-state index contributed by atoms with van der Waals surface area (Å²) in [5.41, 5.74) is 3.41. The Hall–Kier alpha value is -3.26. The Morgan fingerprint density at radius 2 is 1.87 bits per heavy atom. The molecular formula is C23H23NO7. The number of hydrogen-bond acceptors (Lipinski definition) is 7. The van der Waals surface area contributed by atoms with Gasteiger partial charge < -0.3 is 21.1 Å². The number of phenolic OH excluding ortho intramolecular Hbond substituents is 1. The summed E-state index contributed by atoms with van der Waals surface area (Å²) < 4.78 is 0. The van der Waals surface area contributed by atoms with Crippen molar-refractivity contribution in [2.45, 2.75) is 45.1 Å². The molecule has 0 bridgehead atoms. The van der Waals surface area contributed by atoms with Gasteiger partial charge in [-0.15, -0.1) is 0 Å². The average molecular weight is 425 g/mol. The first-order chi connectivity index (χ1) is 14.5. The van der Waals surface area contributed by atoms with E-state index in [1.54, 1.807) is 13.8 Å². The lowest BCUT2D eigenvalue weighted by molar-refractivity contribution is -0.143. The number of nitrogens with two attached hydrogens (primary N) is 1. The van der Waals surface area contributed by atoms with E-state index in [1.807, 2.05) is 0 Å². The van der Waals surface area contributed by atoms with E-state index in [4.69, 9.17) is 5.73 Å². The Kier molecular flexibility index (Phi) is 4.66. The van der Waals surface area contributed by atoms with Crippen molar-refractivity contribution in [3.05, 3.63) is 51.3 Å². The summed E-state index contributed by atoms with van der Waals surface area (Å²) in [4.78, 5) is 50.5. The molecule has 0 spiro atoms. The molecule has 5 N–H and O–H groups in total. The number of aromatic hydroxyl groups is 1. The van der Waals surface area contributed by atoms with Crippen molar-refractivity contribution in [1.29, 1.82) is 0 Å².